The fourth-order valence-electron chi connectivity index (χ4n) is 3.21. The van der Waals surface area contributed by atoms with Gasteiger partial charge in [0.15, 0.2) is 6.61 Å². The second-order valence-corrected chi connectivity index (χ2v) is 6.81. The molecule has 0 saturated heterocycles. The third-order valence-electron chi connectivity index (χ3n) is 4.67. The Labute approximate surface area is 184 Å². The molecular formula is C22H23N3O7. The summed E-state index contributed by atoms with van der Waals surface area (Å²) in [6.45, 7) is 2.45. The van der Waals surface area contributed by atoms with Crippen molar-refractivity contribution in [3.63, 3.8) is 0 Å². The number of methoxy groups -OCH3 is 2. The number of rotatable bonds is 7. The van der Waals surface area contributed by atoms with Crippen LogP contribution in [0.1, 0.15) is 19.4 Å². The lowest BCUT2D eigenvalue weighted by Crippen LogP contribution is -2.38. The summed E-state index contributed by atoms with van der Waals surface area (Å²) in [5.41, 5.74) is 1.63. The number of carbonyl (C=O) groups is 4. The highest BCUT2D eigenvalue weighted by atomic mass is 16.5. The van der Waals surface area contributed by atoms with E-state index >= 15 is 0 Å². The Balaban J connectivity index is 2.17. The monoisotopic (exact) mass is 441 g/mol. The highest BCUT2D eigenvalue weighted by Crippen LogP contribution is 2.32. The van der Waals surface area contributed by atoms with Gasteiger partial charge in [0.25, 0.3) is 5.91 Å². The second-order valence-electron chi connectivity index (χ2n) is 6.81. The Morgan fingerprint density at radius 3 is 2.00 bits per heavy atom. The maximum atomic E-state index is 12.9. The van der Waals surface area contributed by atoms with E-state index in [0.717, 1.165) is 19.8 Å². The second kappa shape index (κ2) is 10.8. The van der Waals surface area contributed by atoms with E-state index in [1.54, 1.807) is 38.1 Å². The highest BCUT2D eigenvalue weighted by Gasteiger charge is 2.42. The SMILES string of the molecule is COC(=O)C1=C(C)NC(C)=C(C(=O)OC)C1C(=O)OCC(=O)Nc1ccc(CC#N)cc1. The predicted octanol–water partition coefficient (Wildman–Crippen LogP) is 1.35. The van der Waals surface area contributed by atoms with Crippen molar-refractivity contribution >= 4 is 29.5 Å². The van der Waals surface area contributed by atoms with Crippen LogP contribution in [-0.4, -0.2) is 44.6 Å². The number of nitrogens with one attached hydrogen (secondary N) is 2. The predicted molar refractivity (Wildman–Crippen MR) is 111 cm³/mol. The molecule has 32 heavy (non-hydrogen) atoms. The highest BCUT2D eigenvalue weighted by molar-refractivity contribution is 6.06. The van der Waals surface area contributed by atoms with E-state index in [4.69, 9.17) is 19.5 Å². The smallest absolute Gasteiger partial charge is 0.336 e. The van der Waals surface area contributed by atoms with Crippen LogP contribution in [0.15, 0.2) is 46.8 Å². The zero-order valence-electron chi connectivity index (χ0n) is 18.1. The zero-order valence-corrected chi connectivity index (χ0v) is 18.1. The molecule has 0 aliphatic carbocycles. The van der Waals surface area contributed by atoms with Crippen LogP contribution < -0.4 is 10.6 Å². The van der Waals surface area contributed by atoms with Crippen LogP contribution in [0.4, 0.5) is 5.69 Å². The molecule has 1 aliphatic rings. The fourth-order valence-corrected chi connectivity index (χ4v) is 3.21. The Morgan fingerprint density at radius 2 is 1.53 bits per heavy atom. The minimum atomic E-state index is -1.42. The van der Waals surface area contributed by atoms with Gasteiger partial charge in [-0.15, -0.1) is 0 Å². The fraction of sp³-hybridized carbons (Fsp3) is 0.318. The molecule has 10 nitrogen and oxygen atoms in total. The molecule has 0 aromatic heterocycles. The van der Waals surface area contributed by atoms with E-state index in [2.05, 4.69) is 10.6 Å². The summed E-state index contributed by atoms with van der Waals surface area (Å²) in [5.74, 6) is -4.68. The number of hydrogen-bond donors (Lipinski definition) is 2. The Kier molecular flexibility index (Phi) is 8.12. The average Bonchev–Trinajstić information content (AvgIpc) is 2.77. The van der Waals surface area contributed by atoms with Crippen molar-refractivity contribution in [2.75, 3.05) is 26.1 Å². The molecule has 0 spiro atoms. The van der Waals surface area contributed by atoms with E-state index in [-0.39, 0.29) is 17.6 Å². The standard InChI is InChI=1S/C22H23N3O7/c1-12-17(20(27)30-3)19(18(13(2)24-12)21(28)31-4)22(29)32-11-16(26)25-15-7-5-14(6-8-15)9-10-23/h5-8,19,24H,9,11H2,1-4H3,(H,25,26). The Morgan fingerprint density at radius 1 is 1.00 bits per heavy atom. The van der Waals surface area contributed by atoms with E-state index < -0.39 is 36.3 Å². The Bertz CT molecular complexity index is 995. The number of nitrogens with zero attached hydrogens (tertiary/aromatic N) is 1. The average molecular weight is 441 g/mol. The van der Waals surface area contributed by atoms with Crippen molar-refractivity contribution in [3.05, 3.63) is 52.4 Å². The lowest BCUT2D eigenvalue weighted by atomic mass is 9.85. The molecule has 0 fully saturated rings. The van der Waals surface area contributed by atoms with Gasteiger partial charge >= 0.3 is 17.9 Å². The third kappa shape index (κ3) is 5.51. The number of benzene rings is 1. The first-order valence-electron chi connectivity index (χ1n) is 9.51. The first kappa shape index (κ1) is 24.1. The molecule has 0 atom stereocenters. The number of dihydropyridines is 1. The topological polar surface area (TPSA) is 144 Å². The number of nitriles is 1. The number of carbonyl (C=O) groups excluding carboxylic acids is 4. The van der Waals surface area contributed by atoms with Crippen molar-refractivity contribution < 1.29 is 33.4 Å². The zero-order chi connectivity index (χ0) is 23.8. The van der Waals surface area contributed by atoms with Crippen LogP contribution in [0.25, 0.3) is 0 Å². The molecule has 0 radical (unpaired) electrons. The maximum absolute atomic E-state index is 12.9. The minimum absolute atomic E-state index is 0.114. The first-order valence-corrected chi connectivity index (χ1v) is 9.51. The van der Waals surface area contributed by atoms with Crippen LogP contribution in [0.2, 0.25) is 0 Å². The Hall–Kier alpha value is -4.13. The van der Waals surface area contributed by atoms with Crippen LogP contribution in [0, 0.1) is 17.2 Å². The molecule has 1 aliphatic heterocycles. The van der Waals surface area contributed by atoms with Gasteiger partial charge in [0.05, 0.1) is 37.9 Å². The van der Waals surface area contributed by atoms with Gasteiger partial charge in [0.1, 0.15) is 5.92 Å². The quantitative estimate of drug-likeness (QED) is 0.473. The van der Waals surface area contributed by atoms with Gasteiger partial charge in [0.2, 0.25) is 0 Å². The third-order valence-corrected chi connectivity index (χ3v) is 4.67. The molecule has 0 unspecified atom stereocenters. The molecule has 1 amide bonds. The normalized spacial score (nSPS) is 13.6. The van der Waals surface area contributed by atoms with Crippen LogP contribution >= 0.6 is 0 Å². The number of amides is 1. The van der Waals surface area contributed by atoms with Gasteiger partial charge in [-0.25, -0.2) is 9.59 Å². The van der Waals surface area contributed by atoms with E-state index in [1.165, 1.54) is 0 Å². The van der Waals surface area contributed by atoms with E-state index in [0.29, 0.717) is 17.1 Å². The molecular weight excluding hydrogens is 418 g/mol. The van der Waals surface area contributed by atoms with Gasteiger partial charge in [-0.3, -0.25) is 9.59 Å². The summed E-state index contributed by atoms with van der Waals surface area (Å²) >= 11 is 0. The van der Waals surface area contributed by atoms with E-state index in [1.807, 2.05) is 6.07 Å². The lowest BCUT2D eigenvalue weighted by molar-refractivity contribution is -0.152. The summed E-state index contributed by atoms with van der Waals surface area (Å²) in [5, 5.41) is 14.1. The largest absolute Gasteiger partial charge is 0.466 e. The first-order chi connectivity index (χ1) is 15.2. The number of ether oxygens (including phenoxy) is 3. The molecule has 168 valence electrons. The number of hydrogen-bond acceptors (Lipinski definition) is 9. The van der Waals surface area contributed by atoms with Gasteiger partial charge < -0.3 is 24.8 Å². The number of allylic oxidation sites excluding steroid dienone is 2. The van der Waals surface area contributed by atoms with Crippen molar-refractivity contribution in [2.24, 2.45) is 5.92 Å². The molecule has 1 heterocycles. The molecule has 0 bridgehead atoms. The molecule has 2 rings (SSSR count). The van der Waals surface area contributed by atoms with Crippen LogP contribution in [-0.2, 0) is 39.8 Å². The van der Waals surface area contributed by atoms with Crippen molar-refractivity contribution in [3.8, 4) is 6.07 Å². The molecule has 2 N–H and O–H groups in total. The summed E-state index contributed by atoms with van der Waals surface area (Å²) in [6.07, 6.45) is 0.243. The molecule has 10 heteroatoms. The van der Waals surface area contributed by atoms with Crippen molar-refractivity contribution in [1.29, 1.82) is 5.26 Å². The van der Waals surface area contributed by atoms with Gasteiger partial charge in [-0.05, 0) is 31.5 Å². The molecule has 0 saturated carbocycles. The van der Waals surface area contributed by atoms with E-state index in [9.17, 15) is 19.2 Å². The number of anilines is 1. The number of esters is 3. The van der Waals surface area contributed by atoms with Crippen molar-refractivity contribution in [2.45, 2.75) is 20.3 Å². The van der Waals surface area contributed by atoms with Crippen LogP contribution in [0.3, 0.4) is 0 Å². The molecule has 1 aromatic carbocycles. The maximum Gasteiger partial charge on any atom is 0.336 e. The summed E-state index contributed by atoms with van der Waals surface area (Å²) in [4.78, 5) is 49.7. The summed E-state index contributed by atoms with van der Waals surface area (Å²) in [7, 11) is 2.28. The lowest BCUT2D eigenvalue weighted by Gasteiger charge is -2.28. The van der Waals surface area contributed by atoms with Crippen LogP contribution in [0.5, 0.6) is 0 Å². The summed E-state index contributed by atoms with van der Waals surface area (Å²) in [6, 6.07) is 8.62. The minimum Gasteiger partial charge on any atom is -0.466 e. The molecule has 1 aromatic rings. The van der Waals surface area contributed by atoms with Crippen molar-refractivity contribution in [1.82, 2.24) is 5.32 Å². The van der Waals surface area contributed by atoms with Gasteiger partial charge in [-0.2, -0.15) is 5.26 Å². The van der Waals surface area contributed by atoms with Gasteiger partial charge in [0, 0.05) is 17.1 Å². The van der Waals surface area contributed by atoms with Gasteiger partial charge in [-0.1, -0.05) is 12.1 Å². The summed E-state index contributed by atoms with van der Waals surface area (Å²) < 4.78 is 14.6.